The average molecular weight is 221 g/mol. The van der Waals surface area contributed by atoms with Crippen LogP contribution in [0.3, 0.4) is 0 Å². The molecule has 0 saturated heterocycles. The van der Waals surface area contributed by atoms with Crippen molar-refractivity contribution in [3.8, 4) is 0 Å². The number of nitrogen functional groups attached to an aromatic ring is 1. The maximum absolute atomic E-state index is 10.6. The summed E-state index contributed by atoms with van der Waals surface area (Å²) in [4.78, 5) is 14.4. The van der Waals surface area contributed by atoms with Gasteiger partial charge in [0.15, 0.2) is 5.13 Å². The van der Waals surface area contributed by atoms with Crippen LogP contribution in [-0.2, 0) is 4.79 Å². The lowest BCUT2D eigenvalue weighted by atomic mass is 10.5. The second-order valence-corrected chi connectivity index (χ2v) is 2.99. The molecule has 13 heavy (non-hydrogen) atoms. The molecule has 4 N–H and O–H groups in total. The van der Waals surface area contributed by atoms with Gasteiger partial charge in [0.25, 0.3) is 0 Å². The molecule has 0 aliphatic rings. The molecule has 0 aliphatic carbocycles. The predicted molar refractivity (Wildman–Crippen MR) is 54.7 cm³/mol. The molecule has 0 unspecified atom stereocenters. The molecule has 0 spiro atoms. The summed E-state index contributed by atoms with van der Waals surface area (Å²) < 4.78 is 0. The van der Waals surface area contributed by atoms with E-state index in [9.17, 15) is 4.79 Å². The number of hydrogen-bond acceptors (Lipinski definition) is 4. The number of amides is 1. The smallest absolute Gasteiger partial charge is 0.223 e. The summed E-state index contributed by atoms with van der Waals surface area (Å²) in [6, 6.07) is 0. The summed E-state index contributed by atoms with van der Waals surface area (Å²) in [5.41, 5.74) is 5.57. The van der Waals surface area contributed by atoms with Crippen LogP contribution in [0.4, 0.5) is 5.13 Å². The number of carbonyl (C=O) groups is 1. The fourth-order valence-corrected chi connectivity index (χ4v) is 1.36. The maximum Gasteiger partial charge on any atom is 0.223 e. The summed E-state index contributed by atoms with van der Waals surface area (Å²) in [5.74, 6) is -0.276. The molecule has 1 rings (SSSR count). The van der Waals surface area contributed by atoms with Gasteiger partial charge in [-0.25, -0.2) is 4.98 Å². The van der Waals surface area contributed by atoms with Crippen molar-refractivity contribution in [2.75, 3.05) is 5.32 Å². The Morgan fingerprint density at radius 2 is 2.38 bits per heavy atom. The Labute approximate surface area is 85.3 Å². The minimum absolute atomic E-state index is 0. The summed E-state index contributed by atoms with van der Waals surface area (Å²) >= 11 is 1.24. The maximum atomic E-state index is 10.6. The normalized spacial score (nSPS) is 8.69. The minimum atomic E-state index is -0.181. The highest BCUT2D eigenvalue weighted by atomic mass is 35.5. The van der Waals surface area contributed by atoms with Gasteiger partial charge in [0, 0.05) is 12.3 Å². The molecule has 0 atom stereocenters. The van der Waals surface area contributed by atoms with Gasteiger partial charge >= 0.3 is 0 Å². The monoisotopic (exact) mass is 220 g/mol. The lowest BCUT2D eigenvalue weighted by molar-refractivity contribution is -0.114. The van der Waals surface area contributed by atoms with Gasteiger partial charge in [-0.1, -0.05) is 0 Å². The molecule has 0 bridgehead atoms. The molecular weight excluding hydrogens is 212 g/mol. The number of rotatable bonds is 2. The first-order chi connectivity index (χ1) is 5.59. The lowest BCUT2D eigenvalue weighted by Gasteiger charge is -1.92. The Kier molecular flexibility index (Phi) is 4.36. The molecule has 0 radical (unpaired) electrons. The number of nitrogens with one attached hydrogen (secondary N) is 2. The molecule has 1 aromatic rings. The lowest BCUT2D eigenvalue weighted by Crippen LogP contribution is -2.12. The quantitative estimate of drug-likeness (QED) is 0.509. The van der Waals surface area contributed by atoms with Crippen LogP contribution in [-0.4, -0.2) is 16.7 Å². The minimum Gasteiger partial charge on any atom is -0.382 e. The van der Waals surface area contributed by atoms with Gasteiger partial charge < -0.3 is 11.1 Å². The van der Waals surface area contributed by atoms with E-state index in [1.165, 1.54) is 18.3 Å². The van der Waals surface area contributed by atoms with E-state index in [-0.39, 0.29) is 24.1 Å². The molecule has 0 fully saturated rings. The Balaban J connectivity index is 0.00000144. The average Bonchev–Trinajstić information content (AvgIpc) is 2.34. The van der Waals surface area contributed by atoms with Gasteiger partial charge in [-0.05, 0) is 0 Å². The molecule has 1 aromatic heterocycles. The number of nitrogens with two attached hydrogens (primary N) is 1. The first-order valence-electron chi connectivity index (χ1n) is 3.17. The first-order valence-corrected chi connectivity index (χ1v) is 4.05. The van der Waals surface area contributed by atoms with Crippen LogP contribution in [0.2, 0.25) is 0 Å². The van der Waals surface area contributed by atoms with Crippen molar-refractivity contribution in [2.45, 2.75) is 6.92 Å². The van der Waals surface area contributed by atoms with E-state index in [0.717, 1.165) is 0 Å². The van der Waals surface area contributed by atoms with Crippen molar-refractivity contribution in [1.82, 2.24) is 4.98 Å². The SMILES string of the molecule is CC(=O)Nc1nc(C(=N)N)cs1.Cl. The van der Waals surface area contributed by atoms with Crippen LogP contribution in [0.15, 0.2) is 5.38 Å². The van der Waals surface area contributed by atoms with E-state index in [0.29, 0.717) is 10.8 Å². The second-order valence-electron chi connectivity index (χ2n) is 2.13. The van der Waals surface area contributed by atoms with Crippen molar-refractivity contribution in [2.24, 2.45) is 5.73 Å². The highest BCUT2D eigenvalue weighted by Crippen LogP contribution is 2.14. The van der Waals surface area contributed by atoms with Crippen LogP contribution in [0, 0.1) is 5.41 Å². The largest absolute Gasteiger partial charge is 0.382 e. The highest BCUT2D eigenvalue weighted by molar-refractivity contribution is 7.14. The Morgan fingerprint density at radius 1 is 1.77 bits per heavy atom. The van der Waals surface area contributed by atoms with Crippen molar-refractivity contribution < 1.29 is 4.79 Å². The topological polar surface area (TPSA) is 91.9 Å². The summed E-state index contributed by atoms with van der Waals surface area (Å²) in [6.07, 6.45) is 0. The fourth-order valence-electron chi connectivity index (χ4n) is 0.605. The van der Waals surface area contributed by atoms with Crippen molar-refractivity contribution in [3.05, 3.63) is 11.1 Å². The van der Waals surface area contributed by atoms with Crippen LogP contribution >= 0.6 is 23.7 Å². The summed E-state index contributed by atoms with van der Waals surface area (Å²) in [5, 5.41) is 11.6. The molecule has 5 nitrogen and oxygen atoms in total. The number of nitrogens with zero attached hydrogens (tertiary/aromatic N) is 1. The number of thiazole rings is 1. The van der Waals surface area contributed by atoms with E-state index in [2.05, 4.69) is 10.3 Å². The number of carbonyl (C=O) groups excluding carboxylic acids is 1. The number of hydrogen-bond donors (Lipinski definition) is 3. The van der Waals surface area contributed by atoms with E-state index in [1.54, 1.807) is 5.38 Å². The fraction of sp³-hybridized carbons (Fsp3) is 0.167. The van der Waals surface area contributed by atoms with Crippen LogP contribution in [0.25, 0.3) is 0 Å². The second kappa shape index (κ2) is 4.78. The van der Waals surface area contributed by atoms with Crippen LogP contribution in [0.5, 0.6) is 0 Å². The van der Waals surface area contributed by atoms with E-state index in [4.69, 9.17) is 11.1 Å². The summed E-state index contributed by atoms with van der Waals surface area (Å²) in [7, 11) is 0. The van der Waals surface area contributed by atoms with Crippen LogP contribution in [0.1, 0.15) is 12.6 Å². The van der Waals surface area contributed by atoms with E-state index < -0.39 is 0 Å². The molecular formula is C6H9ClN4OS. The molecule has 72 valence electrons. The molecule has 0 saturated carbocycles. The molecule has 7 heteroatoms. The standard InChI is InChI=1S/C6H8N4OS.ClH/c1-3(11)9-6-10-4(2-12-6)5(7)8;/h2H,1H3,(H3,7,8)(H,9,10,11);1H. The van der Waals surface area contributed by atoms with Crippen molar-refractivity contribution in [1.29, 1.82) is 5.41 Å². The zero-order valence-corrected chi connectivity index (χ0v) is 8.46. The third-order valence-corrected chi connectivity index (χ3v) is 1.82. The molecule has 0 aliphatic heterocycles. The zero-order valence-electron chi connectivity index (χ0n) is 6.83. The number of anilines is 1. The molecule has 1 amide bonds. The van der Waals surface area contributed by atoms with Crippen molar-refractivity contribution >= 4 is 40.6 Å². The van der Waals surface area contributed by atoms with Gasteiger partial charge in [-0.3, -0.25) is 10.2 Å². The van der Waals surface area contributed by atoms with Gasteiger partial charge in [-0.2, -0.15) is 0 Å². The van der Waals surface area contributed by atoms with E-state index in [1.807, 2.05) is 0 Å². The highest BCUT2D eigenvalue weighted by Gasteiger charge is 2.04. The Hall–Kier alpha value is -1.14. The van der Waals surface area contributed by atoms with Crippen molar-refractivity contribution in [3.63, 3.8) is 0 Å². The van der Waals surface area contributed by atoms with Gasteiger partial charge in [0.05, 0.1) is 0 Å². The van der Waals surface area contributed by atoms with Gasteiger partial charge in [0.2, 0.25) is 5.91 Å². The van der Waals surface area contributed by atoms with Gasteiger partial charge in [-0.15, -0.1) is 23.7 Å². The zero-order chi connectivity index (χ0) is 9.14. The third-order valence-electron chi connectivity index (χ3n) is 1.06. The molecule has 0 aromatic carbocycles. The molecule has 1 heterocycles. The van der Waals surface area contributed by atoms with Gasteiger partial charge in [0.1, 0.15) is 11.5 Å². The number of halogens is 1. The van der Waals surface area contributed by atoms with E-state index >= 15 is 0 Å². The van der Waals surface area contributed by atoms with Crippen LogP contribution < -0.4 is 11.1 Å². The Morgan fingerprint density at radius 3 is 2.77 bits per heavy atom. The Bertz CT molecular complexity index is 324. The summed E-state index contributed by atoms with van der Waals surface area (Å²) in [6.45, 7) is 1.40. The number of aromatic nitrogens is 1. The number of amidine groups is 1. The first kappa shape index (κ1) is 11.9. The predicted octanol–water partition coefficient (Wildman–Crippen LogP) is 0.807. The third kappa shape index (κ3) is 3.39.